The molecule has 0 aliphatic rings. The lowest BCUT2D eigenvalue weighted by atomic mass is 10.2. The van der Waals surface area contributed by atoms with Crippen LogP contribution in [0, 0.1) is 5.92 Å². The fourth-order valence-corrected chi connectivity index (χ4v) is 1.65. The Balaban J connectivity index is 2.58. The summed E-state index contributed by atoms with van der Waals surface area (Å²) in [6, 6.07) is 2.18. The van der Waals surface area contributed by atoms with Crippen LogP contribution in [-0.2, 0) is 6.18 Å². The van der Waals surface area contributed by atoms with Crippen molar-refractivity contribution in [3.8, 4) is 0 Å². The van der Waals surface area contributed by atoms with E-state index >= 15 is 0 Å². The average molecular weight is 252 g/mol. The summed E-state index contributed by atoms with van der Waals surface area (Å²) >= 11 is 1.27. The largest absolute Gasteiger partial charge is 0.435 e. The molecule has 90 valence electrons. The van der Waals surface area contributed by atoms with Crippen molar-refractivity contribution in [2.45, 2.75) is 18.1 Å². The van der Waals surface area contributed by atoms with Gasteiger partial charge in [-0.1, -0.05) is 6.92 Å². The van der Waals surface area contributed by atoms with Gasteiger partial charge < -0.3 is 5.11 Å². The fourth-order valence-electron chi connectivity index (χ4n) is 0.829. The molecule has 0 aliphatic carbocycles. The molecule has 0 aliphatic heterocycles. The highest BCUT2D eigenvalue weighted by atomic mass is 32.2. The minimum absolute atomic E-state index is 0.0427. The number of aliphatic hydroxyl groups is 1. The van der Waals surface area contributed by atoms with E-state index in [0.29, 0.717) is 10.8 Å². The maximum Gasteiger partial charge on any atom is 0.435 e. The zero-order chi connectivity index (χ0) is 12.2. The molecule has 1 aromatic heterocycles. The number of rotatable bonds is 4. The molecule has 0 amide bonds. The molecule has 16 heavy (non-hydrogen) atoms. The minimum atomic E-state index is -4.45. The van der Waals surface area contributed by atoms with E-state index in [4.69, 9.17) is 5.11 Å². The van der Waals surface area contributed by atoms with Crippen molar-refractivity contribution in [3.63, 3.8) is 0 Å². The van der Waals surface area contributed by atoms with Gasteiger partial charge in [-0.2, -0.15) is 13.2 Å². The van der Waals surface area contributed by atoms with Crippen LogP contribution in [0.25, 0.3) is 0 Å². The van der Waals surface area contributed by atoms with Crippen LogP contribution in [0.2, 0.25) is 0 Å². The Bertz CT molecular complexity index is 329. The standard InChI is InChI=1S/C9H11F3N2OS/c1-6(4-15)5-16-8-3-2-7(13-14-8)9(10,11)12/h2-3,6,15H,4-5H2,1H3. The van der Waals surface area contributed by atoms with Gasteiger partial charge >= 0.3 is 6.18 Å². The third kappa shape index (κ3) is 3.97. The summed E-state index contributed by atoms with van der Waals surface area (Å²) < 4.78 is 36.4. The molecule has 7 heteroatoms. The number of hydrogen-bond donors (Lipinski definition) is 1. The molecule has 0 saturated heterocycles. The molecule has 1 N–H and O–H groups in total. The number of aliphatic hydroxyl groups excluding tert-OH is 1. The molecule has 1 heterocycles. The molecule has 0 radical (unpaired) electrons. The van der Waals surface area contributed by atoms with Crippen LogP contribution >= 0.6 is 11.8 Å². The van der Waals surface area contributed by atoms with Gasteiger partial charge in [-0.3, -0.25) is 0 Å². The molecule has 0 bridgehead atoms. The van der Waals surface area contributed by atoms with E-state index in [1.165, 1.54) is 17.8 Å². The van der Waals surface area contributed by atoms with Crippen molar-refractivity contribution in [2.75, 3.05) is 12.4 Å². The zero-order valence-corrected chi connectivity index (χ0v) is 9.35. The van der Waals surface area contributed by atoms with Gasteiger partial charge in [0, 0.05) is 12.4 Å². The van der Waals surface area contributed by atoms with Crippen LogP contribution in [0.4, 0.5) is 13.2 Å². The molecule has 1 aromatic rings. The van der Waals surface area contributed by atoms with Gasteiger partial charge in [-0.15, -0.1) is 22.0 Å². The number of alkyl halides is 3. The van der Waals surface area contributed by atoms with Crippen molar-refractivity contribution < 1.29 is 18.3 Å². The van der Waals surface area contributed by atoms with Gasteiger partial charge in [0.25, 0.3) is 0 Å². The Morgan fingerprint density at radius 1 is 1.38 bits per heavy atom. The summed E-state index contributed by atoms with van der Waals surface area (Å²) in [5.41, 5.74) is -0.993. The van der Waals surface area contributed by atoms with Gasteiger partial charge in [-0.25, -0.2) is 0 Å². The van der Waals surface area contributed by atoms with Gasteiger partial charge in [0.15, 0.2) is 5.69 Å². The maximum atomic E-state index is 12.1. The summed E-state index contributed by atoms with van der Waals surface area (Å²) in [5.74, 6) is 0.672. The molecule has 3 nitrogen and oxygen atoms in total. The Kier molecular flexibility index (Phi) is 4.55. The smallest absolute Gasteiger partial charge is 0.396 e. The number of aromatic nitrogens is 2. The SMILES string of the molecule is CC(CO)CSc1ccc(C(F)(F)F)nn1. The van der Waals surface area contributed by atoms with Crippen LogP contribution in [0.3, 0.4) is 0 Å². The molecular weight excluding hydrogens is 241 g/mol. The van der Waals surface area contributed by atoms with Crippen molar-refractivity contribution in [1.82, 2.24) is 10.2 Å². The topological polar surface area (TPSA) is 46.0 Å². The van der Waals surface area contributed by atoms with Crippen molar-refractivity contribution >= 4 is 11.8 Å². The first-order valence-electron chi connectivity index (χ1n) is 4.58. The summed E-state index contributed by atoms with van der Waals surface area (Å²) in [6.45, 7) is 1.88. The fraction of sp³-hybridized carbons (Fsp3) is 0.556. The molecular formula is C9H11F3N2OS. The number of halogens is 3. The molecule has 1 atom stereocenters. The second-order valence-electron chi connectivity index (χ2n) is 3.35. The van der Waals surface area contributed by atoms with Gasteiger partial charge in [0.2, 0.25) is 0 Å². The lowest BCUT2D eigenvalue weighted by Crippen LogP contribution is -2.09. The van der Waals surface area contributed by atoms with Crippen molar-refractivity contribution in [1.29, 1.82) is 0 Å². The summed E-state index contributed by atoms with van der Waals surface area (Å²) in [5, 5.41) is 15.7. The quantitative estimate of drug-likeness (QED) is 0.835. The second kappa shape index (κ2) is 5.49. The Morgan fingerprint density at radius 2 is 2.06 bits per heavy atom. The third-order valence-corrected chi connectivity index (χ3v) is 3.01. The highest BCUT2D eigenvalue weighted by Crippen LogP contribution is 2.27. The Hall–Kier alpha value is -0.820. The predicted molar refractivity (Wildman–Crippen MR) is 54.0 cm³/mol. The third-order valence-electron chi connectivity index (χ3n) is 1.76. The van der Waals surface area contributed by atoms with E-state index in [0.717, 1.165) is 6.07 Å². The van der Waals surface area contributed by atoms with E-state index in [9.17, 15) is 13.2 Å². The zero-order valence-electron chi connectivity index (χ0n) is 8.53. The maximum absolute atomic E-state index is 12.1. The van der Waals surface area contributed by atoms with Gasteiger partial charge in [-0.05, 0) is 18.1 Å². The van der Waals surface area contributed by atoms with Crippen molar-refractivity contribution in [2.24, 2.45) is 5.92 Å². The molecule has 1 rings (SSSR count). The highest BCUT2D eigenvalue weighted by molar-refractivity contribution is 7.99. The van der Waals surface area contributed by atoms with Crippen LogP contribution in [-0.4, -0.2) is 27.7 Å². The Labute approximate surface area is 95.1 Å². The van der Waals surface area contributed by atoms with E-state index < -0.39 is 11.9 Å². The van der Waals surface area contributed by atoms with Gasteiger partial charge in [0.1, 0.15) is 5.03 Å². The first-order valence-corrected chi connectivity index (χ1v) is 5.56. The average Bonchev–Trinajstić information content (AvgIpc) is 2.25. The summed E-state index contributed by atoms with van der Waals surface area (Å²) in [4.78, 5) is 0. The monoisotopic (exact) mass is 252 g/mol. The Morgan fingerprint density at radius 3 is 2.50 bits per heavy atom. The minimum Gasteiger partial charge on any atom is -0.396 e. The molecule has 0 fully saturated rings. The van der Waals surface area contributed by atoms with Gasteiger partial charge in [0.05, 0.1) is 0 Å². The van der Waals surface area contributed by atoms with Crippen LogP contribution in [0.5, 0.6) is 0 Å². The van der Waals surface area contributed by atoms with E-state index in [-0.39, 0.29) is 12.5 Å². The predicted octanol–water partition coefficient (Wildman–Crippen LogP) is 2.22. The molecule has 1 unspecified atom stereocenters. The first-order chi connectivity index (χ1) is 7.43. The lowest BCUT2D eigenvalue weighted by molar-refractivity contribution is -0.141. The lowest BCUT2D eigenvalue weighted by Gasteiger charge is -2.07. The van der Waals surface area contributed by atoms with E-state index in [2.05, 4.69) is 10.2 Å². The second-order valence-corrected chi connectivity index (χ2v) is 4.39. The summed E-state index contributed by atoms with van der Waals surface area (Å²) in [7, 11) is 0. The number of hydrogen-bond acceptors (Lipinski definition) is 4. The molecule has 0 aromatic carbocycles. The first kappa shape index (κ1) is 13.2. The van der Waals surface area contributed by atoms with Crippen LogP contribution in [0.1, 0.15) is 12.6 Å². The molecule has 0 spiro atoms. The molecule has 0 saturated carbocycles. The van der Waals surface area contributed by atoms with Crippen LogP contribution < -0.4 is 0 Å². The summed E-state index contributed by atoms with van der Waals surface area (Å²) in [6.07, 6.45) is -4.45. The highest BCUT2D eigenvalue weighted by Gasteiger charge is 2.32. The normalized spacial score (nSPS) is 13.8. The van der Waals surface area contributed by atoms with Crippen molar-refractivity contribution in [3.05, 3.63) is 17.8 Å². The number of thioether (sulfide) groups is 1. The van der Waals surface area contributed by atoms with E-state index in [1.54, 1.807) is 0 Å². The van der Waals surface area contributed by atoms with E-state index in [1.807, 2.05) is 6.92 Å². The van der Waals surface area contributed by atoms with Crippen LogP contribution in [0.15, 0.2) is 17.2 Å². The number of nitrogens with zero attached hydrogens (tertiary/aromatic N) is 2.